The minimum atomic E-state index is -0.380. The molecule has 4 N–H and O–H groups in total. The highest BCUT2D eigenvalue weighted by atomic mass is 35.5. The van der Waals surface area contributed by atoms with Gasteiger partial charge in [-0.2, -0.15) is 5.10 Å². The number of rotatable bonds is 7. The van der Waals surface area contributed by atoms with Gasteiger partial charge in [-0.1, -0.05) is 23.7 Å². The fourth-order valence-electron chi connectivity index (χ4n) is 2.90. The van der Waals surface area contributed by atoms with Gasteiger partial charge in [0.25, 0.3) is 0 Å². The number of anilines is 2. The van der Waals surface area contributed by atoms with E-state index in [1.165, 1.54) is 16.8 Å². The van der Waals surface area contributed by atoms with Crippen molar-refractivity contribution in [2.24, 2.45) is 0 Å². The lowest BCUT2D eigenvalue weighted by atomic mass is 10.1. The van der Waals surface area contributed by atoms with Gasteiger partial charge in [-0.3, -0.25) is 0 Å². The zero-order valence-corrected chi connectivity index (χ0v) is 17.6. The number of carbonyl (C=O) groups excluding carboxylic acids is 1. The third-order valence-electron chi connectivity index (χ3n) is 4.42. The molecule has 0 aliphatic rings. The highest BCUT2D eigenvalue weighted by Crippen LogP contribution is 2.34. The van der Waals surface area contributed by atoms with E-state index < -0.39 is 0 Å². The van der Waals surface area contributed by atoms with Crippen molar-refractivity contribution >= 4 is 29.1 Å². The smallest absolute Gasteiger partial charge is 0.319 e. The summed E-state index contributed by atoms with van der Waals surface area (Å²) in [7, 11) is 3.95. The van der Waals surface area contributed by atoms with Gasteiger partial charge in [-0.25, -0.2) is 13.9 Å². The van der Waals surface area contributed by atoms with Crippen LogP contribution in [0.5, 0.6) is 0 Å². The average Bonchev–Trinajstić information content (AvgIpc) is 3.03. The van der Waals surface area contributed by atoms with Crippen LogP contribution in [0.4, 0.5) is 20.7 Å². The summed E-state index contributed by atoms with van der Waals surface area (Å²) in [5.41, 5.74) is 8.47. The van der Waals surface area contributed by atoms with Gasteiger partial charge in [0.05, 0.1) is 5.69 Å². The van der Waals surface area contributed by atoms with Gasteiger partial charge in [0, 0.05) is 17.1 Å². The van der Waals surface area contributed by atoms with Gasteiger partial charge in [-0.05, 0) is 63.5 Å². The number of nitrogens with two attached hydrogens (primary N) is 1. The number of urea groups is 1. The molecule has 2 amide bonds. The lowest BCUT2D eigenvalue weighted by molar-refractivity contribution is 0.251. The van der Waals surface area contributed by atoms with Crippen LogP contribution in [0, 0.1) is 5.82 Å². The molecule has 0 fully saturated rings. The number of aromatic nitrogens is 2. The fraction of sp³-hybridized carbons (Fsp3) is 0.238. The zero-order valence-electron chi connectivity index (χ0n) is 16.8. The average molecular weight is 431 g/mol. The Labute approximate surface area is 179 Å². The number of benzene rings is 2. The van der Waals surface area contributed by atoms with Crippen molar-refractivity contribution in [1.29, 1.82) is 0 Å². The van der Waals surface area contributed by atoms with E-state index in [9.17, 15) is 9.18 Å². The number of nitrogens with zero attached hydrogens (tertiary/aromatic N) is 3. The first-order valence-electron chi connectivity index (χ1n) is 9.45. The summed E-state index contributed by atoms with van der Waals surface area (Å²) in [5.74, 6) is -0.132. The maximum Gasteiger partial charge on any atom is 0.319 e. The van der Waals surface area contributed by atoms with Crippen molar-refractivity contribution in [3.63, 3.8) is 0 Å². The first-order chi connectivity index (χ1) is 14.3. The quantitative estimate of drug-likeness (QED) is 0.494. The van der Waals surface area contributed by atoms with Crippen LogP contribution >= 0.6 is 11.6 Å². The van der Waals surface area contributed by atoms with Crippen LogP contribution < -0.4 is 16.4 Å². The summed E-state index contributed by atoms with van der Waals surface area (Å²) in [6, 6.07) is 12.4. The highest BCUT2D eigenvalue weighted by Gasteiger charge is 2.20. The van der Waals surface area contributed by atoms with Crippen molar-refractivity contribution in [2.45, 2.75) is 6.42 Å². The van der Waals surface area contributed by atoms with Gasteiger partial charge < -0.3 is 21.3 Å². The summed E-state index contributed by atoms with van der Waals surface area (Å²) in [6.07, 6.45) is 0.814. The molecule has 0 atom stereocenters. The van der Waals surface area contributed by atoms with E-state index in [1.807, 2.05) is 19.0 Å². The summed E-state index contributed by atoms with van der Waals surface area (Å²) in [5, 5.41) is 10.8. The Morgan fingerprint density at radius 1 is 1.17 bits per heavy atom. The fourth-order valence-corrected chi connectivity index (χ4v) is 3.02. The van der Waals surface area contributed by atoms with Crippen LogP contribution in [0.25, 0.3) is 16.9 Å². The lowest BCUT2D eigenvalue weighted by Crippen LogP contribution is -2.31. The predicted molar refractivity (Wildman–Crippen MR) is 119 cm³/mol. The molecule has 2 aromatic carbocycles. The van der Waals surface area contributed by atoms with Gasteiger partial charge >= 0.3 is 6.03 Å². The Kier molecular flexibility index (Phi) is 6.91. The van der Waals surface area contributed by atoms with Gasteiger partial charge in [-0.15, -0.1) is 0 Å². The van der Waals surface area contributed by atoms with E-state index in [0.29, 0.717) is 28.6 Å². The maximum absolute atomic E-state index is 13.3. The maximum atomic E-state index is 13.3. The Bertz CT molecular complexity index is 1000. The van der Waals surface area contributed by atoms with Gasteiger partial charge in [0.2, 0.25) is 0 Å². The molecule has 0 saturated heterocycles. The summed E-state index contributed by atoms with van der Waals surface area (Å²) < 4.78 is 14.8. The molecule has 0 saturated carbocycles. The monoisotopic (exact) mass is 430 g/mol. The Morgan fingerprint density at radius 2 is 1.83 bits per heavy atom. The lowest BCUT2D eigenvalue weighted by Gasteiger charge is -2.11. The van der Waals surface area contributed by atoms with Crippen LogP contribution in [0.3, 0.4) is 0 Å². The Balaban J connectivity index is 1.90. The van der Waals surface area contributed by atoms with Crippen LogP contribution in [0.1, 0.15) is 6.42 Å². The summed E-state index contributed by atoms with van der Waals surface area (Å²) >= 11 is 5.99. The number of halogens is 2. The van der Waals surface area contributed by atoms with E-state index in [2.05, 4.69) is 15.7 Å². The third kappa shape index (κ3) is 5.28. The molecule has 9 heteroatoms. The normalized spacial score (nSPS) is 11.0. The SMILES string of the molecule is CN(C)CCCNC(=O)Nc1c(-c2ccc(Cl)cc2)nn(-c2ccc(F)cc2)c1N. The van der Waals surface area contributed by atoms with Crippen molar-refractivity contribution < 1.29 is 9.18 Å². The first kappa shape index (κ1) is 21.6. The molecule has 7 nitrogen and oxygen atoms in total. The summed E-state index contributed by atoms with van der Waals surface area (Å²) in [6.45, 7) is 1.38. The molecule has 3 rings (SSSR count). The van der Waals surface area contributed by atoms with E-state index in [-0.39, 0.29) is 17.7 Å². The molecule has 0 aliphatic heterocycles. The molecule has 0 unspecified atom stereocenters. The molecule has 158 valence electrons. The zero-order chi connectivity index (χ0) is 21.7. The summed E-state index contributed by atoms with van der Waals surface area (Å²) in [4.78, 5) is 14.5. The number of carbonyl (C=O) groups is 1. The molecule has 1 heterocycles. The second-order valence-corrected chi connectivity index (χ2v) is 7.48. The van der Waals surface area contributed by atoms with E-state index in [0.717, 1.165) is 18.5 Å². The molecule has 30 heavy (non-hydrogen) atoms. The number of amides is 2. The van der Waals surface area contributed by atoms with Crippen LogP contribution in [0.2, 0.25) is 5.02 Å². The molecular formula is C21H24ClFN6O. The number of hydrogen-bond acceptors (Lipinski definition) is 4. The Hall–Kier alpha value is -3.10. The van der Waals surface area contributed by atoms with Crippen molar-refractivity contribution in [3.05, 3.63) is 59.4 Å². The predicted octanol–water partition coefficient (Wildman–Crippen LogP) is 3.99. The van der Waals surface area contributed by atoms with Crippen LogP contribution in [-0.2, 0) is 0 Å². The molecule has 0 aliphatic carbocycles. The van der Waals surface area contributed by atoms with E-state index >= 15 is 0 Å². The molecule has 1 aromatic heterocycles. The van der Waals surface area contributed by atoms with E-state index in [1.54, 1.807) is 36.4 Å². The Morgan fingerprint density at radius 3 is 2.47 bits per heavy atom. The molecule has 0 radical (unpaired) electrons. The minimum Gasteiger partial charge on any atom is -0.382 e. The second kappa shape index (κ2) is 9.60. The van der Waals surface area contributed by atoms with Gasteiger partial charge in [0.1, 0.15) is 17.2 Å². The molecule has 0 spiro atoms. The largest absolute Gasteiger partial charge is 0.382 e. The van der Waals surface area contributed by atoms with Crippen molar-refractivity contribution in [2.75, 3.05) is 38.2 Å². The standard InChI is InChI=1S/C21H24ClFN6O/c1-28(2)13-3-12-25-21(30)26-19-18(14-4-6-15(22)7-5-14)27-29(20(19)24)17-10-8-16(23)9-11-17/h4-11H,3,12-13,24H2,1-2H3,(H2,25,26,30). The minimum absolute atomic E-state index is 0.231. The second-order valence-electron chi connectivity index (χ2n) is 7.04. The van der Waals surface area contributed by atoms with E-state index in [4.69, 9.17) is 17.3 Å². The highest BCUT2D eigenvalue weighted by molar-refractivity contribution is 6.30. The van der Waals surface area contributed by atoms with Crippen molar-refractivity contribution in [1.82, 2.24) is 20.0 Å². The number of hydrogen-bond donors (Lipinski definition) is 3. The number of nitrogen functional groups attached to an aromatic ring is 1. The molecule has 3 aromatic rings. The van der Waals surface area contributed by atoms with Crippen LogP contribution in [0.15, 0.2) is 48.5 Å². The topological polar surface area (TPSA) is 88.2 Å². The first-order valence-corrected chi connectivity index (χ1v) is 9.83. The van der Waals surface area contributed by atoms with Crippen molar-refractivity contribution in [3.8, 4) is 16.9 Å². The third-order valence-corrected chi connectivity index (χ3v) is 4.67. The number of nitrogens with one attached hydrogen (secondary N) is 2. The van der Waals surface area contributed by atoms with Gasteiger partial charge in [0.15, 0.2) is 5.82 Å². The molecule has 0 bridgehead atoms. The molecular weight excluding hydrogens is 407 g/mol. The van der Waals surface area contributed by atoms with Crippen LogP contribution in [-0.4, -0.2) is 47.9 Å².